The number of aromatic amines is 1. The molecule has 0 amide bonds. The molecule has 0 spiro atoms. The minimum absolute atomic E-state index is 0.0589. The molecule has 6 rings (SSSR count). The fourth-order valence-electron chi connectivity index (χ4n) is 4.19. The molecule has 32 heavy (non-hydrogen) atoms. The van der Waals surface area contributed by atoms with Gasteiger partial charge in [0.1, 0.15) is 4.83 Å². The van der Waals surface area contributed by atoms with Crippen molar-refractivity contribution in [3.8, 4) is 11.1 Å². The van der Waals surface area contributed by atoms with Gasteiger partial charge in [-0.15, -0.1) is 11.3 Å². The van der Waals surface area contributed by atoms with E-state index >= 15 is 0 Å². The molecule has 0 atom stereocenters. The number of para-hydroxylation sites is 1. The van der Waals surface area contributed by atoms with Crippen molar-refractivity contribution in [1.82, 2.24) is 14.5 Å². The number of Topliss-reactive ketones (excluding diaryl/α,β-unsaturated/α-hetero) is 1. The Balaban J connectivity index is 1.43. The van der Waals surface area contributed by atoms with Crippen LogP contribution in [-0.4, -0.2) is 20.3 Å². The topological polar surface area (TPSA) is 67.8 Å². The number of nitrogens with zero attached hydrogens (tertiary/aromatic N) is 2. The van der Waals surface area contributed by atoms with Gasteiger partial charge in [0, 0.05) is 33.6 Å². The summed E-state index contributed by atoms with van der Waals surface area (Å²) in [6, 6.07) is 21.9. The van der Waals surface area contributed by atoms with Crippen LogP contribution < -0.4 is 5.56 Å². The SMILES string of the molecule is O=C(Cn1cnc2scc(-c3ccc4ccccc4c3)c2c1=O)c1c[nH]c2ccccc12. The maximum absolute atomic E-state index is 13.4. The van der Waals surface area contributed by atoms with Crippen LogP contribution in [0.1, 0.15) is 10.4 Å². The van der Waals surface area contributed by atoms with Gasteiger partial charge in [-0.05, 0) is 28.5 Å². The number of hydrogen-bond donors (Lipinski definition) is 1. The van der Waals surface area contributed by atoms with Crippen LogP contribution in [0.2, 0.25) is 0 Å². The van der Waals surface area contributed by atoms with E-state index in [9.17, 15) is 9.59 Å². The third kappa shape index (κ3) is 2.96. The number of hydrogen-bond acceptors (Lipinski definition) is 4. The molecule has 1 N–H and O–H groups in total. The first-order valence-electron chi connectivity index (χ1n) is 10.2. The number of rotatable bonds is 4. The van der Waals surface area contributed by atoms with Crippen LogP contribution in [0, 0.1) is 0 Å². The predicted octanol–water partition coefficient (Wildman–Crippen LogP) is 5.64. The zero-order valence-corrected chi connectivity index (χ0v) is 17.7. The molecule has 0 radical (unpaired) electrons. The molecule has 0 aliphatic rings. The Morgan fingerprint density at radius 3 is 2.72 bits per heavy atom. The molecule has 0 saturated carbocycles. The van der Waals surface area contributed by atoms with Crippen LogP contribution in [-0.2, 0) is 6.54 Å². The molecule has 0 aliphatic heterocycles. The number of fused-ring (bicyclic) bond motifs is 3. The van der Waals surface area contributed by atoms with E-state index in [0.29, 0.717) is 15.8 Å². The molecular weight excluding hydrogens is 418 g/mol. The molecule has 154 valence electrons. The number of carbonyl (C=O) groups excluding carboxylic acids is 1. The molecule has 0 bridgehead atoms. The van der Waals surface area contributed by atoms with Gasteiger partial charge >= 0.3 is 0 Å². The second kappa shape index (κ2) is 7.28. The number of benzene rings is 3. The van der Waals surface area contributed by atoms with Crippen LogP contribution in [0.5, 0.6) is 0 Å². The molecule has 5 nitrogen and oxygen atoms in total. The minimum Gasteiger partial charge on any atom is -0.360 e. The zero-order chi connectivity index (χ0) is 21.7. The van der Waals surface area contributed by atoms with Crippen LogP contribution in [0.15, 0.2) is 89.4 Å². The van der Waals surface area contributed by atoms with Gasteiger partial charge < -0.3 is 4.98 Å². The molecule has 6 heteroatoms. The van der Waals surface area contributed by atoms with E-state index in [0.717, 1.165) is 32.8 Å². The smallest absolute Gasteiger partial charge is 0.263 e. The van der Waals surface area contributed by atoms with E-state index in [1.807, 2.05) is 47.8 Å². The molecule has 0 unspecified atom stereocenters. The molecule has 3 aromatic heterocycles. The quantitative estimate of drug-likeness (QED) is 0.364. The first kappa shape index (κ1) is 18.7. The van der Waals surface area contributed by atoms with Gasteiger partial charge in [0.05, 0.1) is 18.3 Å². The number of nitrogens with one attached hydrogen (secondary N) is 1. The van der Waals surface area contributed by atoms with E-state index in [1.165, 1.54) is 22.2 Å². The lowest BCUT2D eigenvalue weighted by Gasteiger charge is -2.06. The number of carbonyl (C=O) groups is 1. The highest BCUT2D eigenvalue weighted by atomic mass is 32.1. The van der Waals surface area contributed by atoms with E-state index in [1.54, 1.807) is 6.20 Å². The maximum Gasteiger partial charge on any atom is 0.263 e. The summed E-state index contributed by atoms with van der Waals surface area (Å²) < 4.78 is 1.41. The van der Waals surface area contributed by atoms with E-state index in [2.05, 4.69) is 34.2 Å². The fraction of sp³-hybridized carbons (Fsp3) is 0.0385. The Bertz CT molecular complexity index is 1710. The first-order valence-corrected chi connectivity index (χ1v) is 11.1. The molecule has 0 saturated heterocycles. The monoisotopic (exact) mass is 435 g/mol. The average Bonchev–Trinajstić information content (AvgIpc) is 3.45. The molecule has 3 heterocycles. The van der Waals surface area contributed by atoms with Crippen molar-refractivity contribution >= 4 is 49.0 Å². The standard InChI is InChI=1S/C26H17N3O2S/c30-23(20-12-27-22-8-4-3-7-19(20)22)13-29-15-28-25-24(26(29)31)21(14-32-25)18-10-9-16-5-1-2-6-17(16)11-18/h1-12,14-15,27H,13H2. The Morgan fingerprint density at radius 2 is 1.81 bits per heavy atom. The third-order valence-electron chi connectivity index (χ3n) is 5.82. The van der Waals surface area contributed by atoms with Gasteiger partial charge in [-0.25, -0.2) is 4.98 Å². The largest absolute Gasteiger partial charge is 0.360 e. The average molecular weight is 436 g/mol. The highest BCUT2D eigenvalue weighted by molar-refractivity contribution is 7.17. The van der Waals surface area contributed by atoms with Crippen molar-refractivity contribution in [1.29, 1.82) is 0 Å². The summed E-state index contributed by atoms with van der Waals surface area (Å²) in [5, 5.41) is 5.64. The van der Waals surface area contributed by atoms with E-state index in [-0.39, 0.29) is 17.9 Å². The number of H-pyrrole nitrogens is 1. The normalized spacial score (nSPS) is 11.5. The molecule has 0 aliphatic carbocycles. The highest BCUT2D eigenvalue weighted by Crippen LogP contribution is 2.32. The molecule has 0 fully saturated rings. The summed E-state index contributed by atoms with van der Waals surface area (Å²) in [4.78, 5) is 34.7. The Kier molecular flexibility index (Phi) is 4.26. The van der Waals surface area contributed by atoms with Crippen LogP contribution in [0.25, 0.3) is 43.0 Å². The lowest BCUT2D eigenvalue weighted by molar-refractivity contribution is 0.0972. The summed E-state index contributed by atoms with van der Waals surface area (Å²) in [7, 11) is 0. The van der Waals surface area contributed by atoms with Gasteiger partial charge in [-0.3, -0.25) is 14.2 Å². The molecular formula is C26H17N3O2S. The lowest BCUT2D eigenvalue weighted by Crippen LogP contribution is -2.24. The highest BCUT2D eigenvalue weighted by Gasteiger charge is 2.17. The summed E-state index contributed by atoms with van der Waals surface area (Å²) in [6.07, 6.45) is 3.17. The number of aromatic nitrogens is 3. The summed E-state index contributed by atoms with van der Waals surface area (Å²) >= 11 is 1.44. The maximum atomic E-state index is 13.4. The van der Waals surface area contributed by atoms with Crippen LogP contribution in [0.3, 0.4) is 0 Å². The van der Waals surface area contributed by atoms with Crippen LogP contribution >= 0.6 is 11.3 Å². The van der Waals surface area contributed by atoms with Gasteiger partial charge in [0.15, 0.2) is 5.78 Å². The van der Waals surface area contributed by atoms with Gasteiger partial charge in [0.25, 0.3) is 5.56 Å². The minimum atomic E-state index is -0.201. The second-order valence-corrected chi connectivity index (χ2v) is 8.60. The Morgan fingerprint density at radius 1 is 1.00 bits per heavy atom. The van der Waals surface area contributed by atoms with Gasteiger partial charge in [-0.1, -0.05) is 54.6 Å². The van der Waals surface area contributed by atoms with Crippen molar-refractivity contribution in [2.24, 2.45) is 0 Å². The second-order valence-electron chi connectivity index (χ2n) is 7.74. The van der Waals surface area contributed by atoms with Crippen molar-refractivity contribution in [2.45, 2.75) is 6.54 Å². The van der Waals surface area contributed by atoms with Crippen molar-refractivity contribution in [3.05, 3.63) is 101 Å². The zero-order valence-electron chi connectivity index (χ0n) is 16.9. The first-order chi connectivity index (χ1) is 15.7. The Hall–Kier alpha value is -4.03. The van der Waals surface area contributed by atoms with Crippen molar-refractivity contribution in [3.63, 3.8) is 0 Å². The lowest BCUT2D eigenvalue weighted by atomic mass is 10.0. The van der Waals surface area contributed by atoms with Gasteiger partial charge in [-0.2, -0.15) is 0 Å². The van der Waals surface area contributed by atoms with Gasteiger partial charge in [0.2, 0.25) is 0 Å². The summed E-state index contributed by atoms with van der Waals surface area (Å²) in [6.45, 7) is -0.0589. The van der Waals surface area contributed by atoms with Crippen molar-refractivity contribution in [2.75, 3.05) is 0 Å². The third-order valence-corrected chi connectivity index (χ3v) is 6.71. The summed E-state index contributed by atoms with van der Waals surface area (Å²) in [5.41, 5.74) is 3.09. The Labute approximate surface area is 186 Å². The number of ketones is 1. The molecule has 3 aromatic carbocycles. The summed E-state index contributed by atoms with van der Waals surface area (Å²) in [5.74, 6) is -0.131. The van der Waals surface area contributed by atoms with Crippen LogP contribution in [0.4, 0.5) is 0 Å². The van der Waals surface area contributed by atoms with Crippen molar-refractivity contribution < 1.29 is 4.79 Å². The fourth-order valence-corrected chi connectivity index (χ4v) is 5.10. The molecule has 6 aromatic rings. The van der Waals surface area contributed by atoms with E-state index < -0.39 is 0 Å². The van der Waals surface area contributed by atoms with E-state index in [4.69, 9.17) is 0 Å². The predicted molar refractivity (Wildman–Crippen MR) is 129 cm³/mol. The number of thiophene rings is 1.